The number of rotatable bonds is 10. The van der Waals surface area contributed by atoms with Crippen molar-refractivity contribution in [3.8, 4) is 11.5 Å². The van der Waals surface area contributed by atoms with Crippen molar-refractivity contribution in [2.45, 2.75) is 38.0 Å². The Morgan fingerprint density at radius 2 is 2.10 bits per heavy atom. The van der Waals surface area contributed by atoms with Crippen molar-refractivity contribution in [3.05, 3.63) is 45.6 Å². The Balaban J connectivity index is 1.69. The number of carbonyl (C=O) groups excluding carboxylic acids is 1. The fourth-order valence-electron chi connectivity index (χ4n) is 3.01. The summed E-state index contributed by atoms with van der Waals surface area (Å²) in [5.74, 6) is 1.24. The molecule has 0 aliphatic rings. The number of amides is 1. The van der Waals surface area contributed by atoms with Crippen LogP contribution in [0, 0.1) is 0 Å². The number of benzene rings is 1. The lowest BCUT2D eigenvalue weighted by Crippen LogP contribution is -2.26. The number of fused-ring (bicyclic) bond motifs is 1. The van der Waals surface area contributed by atoms with E-state index in [1.54, 1.807) is 18.8 Å². The molecule has 7 nitrogen and oxygen atoms in total. The zero-order chi connectivity index (χ0) is 21.5. The summed E-state index contributed by atoms with van der Waals surface area (Å²) in [6, 6.07) is 7.37. The maximum Gasteiger partial charge on any atom is 0.272 e. The predicted octanol–water partition coefficient (Wildman–Crippen LogP) is 3.68. The number of unbranched alkanes of at least 4 members (excludes halogenated alkanes) is 1. The van der Waals surface area contributed by atoms with Crippen LogP contribution in [0.1, 0.15) is 25.3 Å². The van der Waals surface area contributed by atoms with Crippen LogP contribution in [-0.2, 0) is 17.9 Å². The number of thioether (sulfide) groups is 1. The summed E-state index contributed by atoms with van der Waals surface area (Å²) >= 11 is 2.68. The number of hydrogen-bond acceptors (Lipinski definition) is 7. The minimum atomic E-state index is -0.147. The van der Waals surface area contributed by atoms with Crippen molar-refractivity contribution < 1.29 is 14.3 Å². The summed E-state index contributed by atoms with van der Waals surface area (Å²) in [5.41, 5.74) is 1.47. The molecular formula is C21H25N3O4S2. The van der Waals surface area contributed by atoms with E-state index >= 15 is 0 Å². The Morgan fingerprint density at radius 1 is 1.27 bits per heavy atom. The summed E-state index contributed by atoms with van der Waals surface area (Å²) in [5, 5.41) is 5.34. The molecule has 2 heterocycles. The van der Waals surface area contributed by atoms with Crippen molar-refractivity contribution in [1.82, 2.24) is 14.9 Å². The molecule has 1 N–H and O–H groups in total. The highest BCUT2D eigenvalue weighted by molar-refractivity contribution is 7.99. The minimum Gasteiger partial charge on any atom is -0.493 e. The molecule has 1 aromatic carbocycles. The average molecular weight is 448 g/mol. The average Bonchev–Trinajstić information content (AvgIpc) is 3.24. The van der Waals surface area contributed by atoms with Crippen LogP contribution < -0.4 is 20.3 Å². The number of ether oxygens (including phenoxy) is 2. The van der Waals surface area contributed by atoms with Crippen LogP contribution in [0.25, 0.3) is 10.2 Å². The first kappa shape index (κ1) is 22.2. The lowest BCUT2D eigenvalue weighted by molar-refractivity contribution is -0.118. The van der Waals surface area contributed by atoms with Crippen molar-refractivity contribution in [2.75, 3.05) is 20.0 Å². The lowest BCUT2D eigenvalue weighted by Gasteiger charge is -2.14. The van der Waals surface area contributed by atoms with Gasteiger partial charge in [0.1, 0.15) is 4.70 Å². The molecular weight excluding hydrogens is 422 g/mol. The molecule has 3 rings (SSSR count). The van der Waals surface area contributed by atoms with Gasteiger partial charge in [0, 0.05) is 18.7 Å². The van der Waals surface area contributed by atoms with Crippen molar-refractivity contribution >= 4 is 39.2 Å². The Labute approximate surface area is 183 Å². The summed E-state index contributed by atoms with van der Waals surface area (Å²) in [4.78, 5) is 29.9. The monoisotopic (exact) mass is 447 g/mol. The molecule has 0 unspecified atom stereocenters. The van der Waals surface area contributed by atoms with Gasteiger partial charge in [-0.2, -0.15) is 0 Å². The molecule has 3 aromatic rings. The topological polar surface area (TPSA) is 82.5 Å². The molecule has 0 saturated carbocycles. The van der Waals surface area contributed by atoms with E-state index in [0.29, 0.717) is 40.0 Å². The Bertz CT molecular complexity index is 1080. The van der Waals surface area contributed by atoms with Gasteiger partial charge in [-0.15, -0.1) is 11.3 Å². The Hall–Kier alpha value is -2.52. The van der Waals surface area contributed by atoms with Crippen molar-refractivity contribution in [2.24, 2.45) is 0 Å². The zero-order valence-corrected chi connectivity index (χ0v) is 18.9. The van der Waals surface area contributed by atoms with E-state index in [2.05, 4.69) is 17.2 Å². The second kappa shape index (κ2) is 10.5. The summed E-state index contributed by atoms with van der Waals surface area (Å²) in [6.07, 6.45) is 1.86. The number of para-hydroxylation sites is 1. The van der Waals surface area contributed by atoms with Crippen LogP contribution in [0.2, 0.25) is 0 Å². The second-order valence-electron chi connectivity index (χ2n) is 6.56. The minimum absolute atomic E-state index is 0.0347. The van der Waals surface area contributed by atoms with Crippen LogP contribution in [0.5, 0.6) is 11.5 Å². The van der Waals surface area contributed by atoms with Gasteiger partial charge in [0.2, 0.25) is 5.91 Å². The van der Waals surface area contributed by atoms with Crippen molar-refractivity contribution in [3.63, 3.8) is 0 Å². The second-order valence-corrected chi connectivity index (χ2v) is 8.42. The maximum atomic E-state index is 12.8. The molecule has 0 aliphatic carbocycles. The number of nitrogens with one attached hydrogen (secondary N) is 1. The smallest absolute Gasteiger partial charge is 0.272 e. The number of thiophene rings is 1. The van der Waals surface area contributed by atoms with E-state index in [9.17, 15) is 9.59 Å². The zero-order valence-electron chi connectivity index (χ0n) is 17.3. The van der Waals surface area contributed by atoms with E-state index in [1.807, 2.05) is 29.6 Å². The molecule has 0 bridgehead atoms. The van der Waals surface area contributed by atoms with E-state index in [1.165, 1.54) is 23.1 Å². The van der Waals surface area contributed by atoms with Crippen LogP contribution in [0.3, 0.4) is 0 Å². The van der Waals surface area contributed by atoms with Gasteiger partial charge in [0.25, 0.3) is 5.56 Å². The SMILES string of the molecule is CCCCn1c(SCC(=O)NCc2cccc(OC)c2OC)nc2ccsc2c1=O. The van der Waals surface area contributed by atoms with Gasteiger partial charge in [0.05, 0.1) is 25.5 Å². The normalized spacial score (nSPS) is 10.9. The third kappa shape index (κ3) is 4.96. The highest BCUT2D eigenvalue weighted by Crippen LogP contribution is 2.30. The highest BCUT2D eigenvalue weighted by atomic mass is 32.2. The quantitative estimate of drug-likeness (QED) is 0.377. The maximum absolute atomic E-state index is 12.8. The first-order chi connectivity index (χ1) is 14.6. The standard InChI is InChI=1S/C21H25N3O4S2/c1-4-5-10-24-20(26)19-15(9-11-29-19)23-21(24)30-13-17(25)22-12-14-7-6-8-16(27-2)18(14)28-3/h6-9,11H,4-5,10,12-13H2,1-3H3,(H,22,25). The van der Waals surface area contributed by atoms with Gasteiger partial charge in [0.15, 0.2) is 16.7 Å². The van der Waals surface area contributed by atoms with Gasteiger partial charge in [-0.25, -0.2) is 4.98 Å². The van der Waals surface area contributed by atoms with Crippen LogP contribution >= 0.6 is 23.1 Å². The number of aromatic nitrogens is 2. The molecule has 2 aromatic heterocycles. The fourth-order valence-corrected chi connectivity index (χ4v) is 4.65. The van der Waals surface area contributed by atoms with Gasteiger partial charge in [-0.3, -0.25) is 14.2 Å². The predicted molar refractivity (Wildman–Crippen MR) is 121 cm³/mol. The van der Waals surface area contributed by atoms with E-state index in [4.69, 9.17) is 9.47 Å². The largest absolute Gasteiger partial charge is 0.493 e. The molecule has 0 atom stereocenters. The molecule has 30 heavy (non-hydrogen) atoms. The first-order valence-corrected chi connectivity index (χ1v) is 11.5. The van der Waals surface area contributed by atoms with Crippen LogP contribution in [0.4, 0.5) is 0 Å². The lowest BCUT2D eigenvalue weighted by atomic mass is 10.2. The van der Waals surface area contributed by atoms with Gasteiger partial charge < -0.3 is 14.8 Å². The molecule has 0 fully saturated rings. The molecule has 1 amide bonds. The third-order valence-corrected chi connectivity index (χ3v) is 6.43. The number of carbonyl (C=O) groups is 1. The molecule has 9 heteroatoms. The number of methoxy groups -OCH3 is 2. The summed E-state index contributed by atoms with van der Waals surface area (Å²) in [6.45, 7) is 3.00. The van der Waals surface area contributed by atoms with Gasteiger partial charge in [-0.1, -0.05) is 37.2 Å². The fraction of sp³-hybridized carbons (Fsp3) is 0.381. The molecule has 0 spiro atoms. The molecule has 160 valence electrons. The number of hydrogen-bond donors (Lipinski definition) is 1. The van der Waals surface area contributed by atoms with Crippen LogP contribution in [0.15, 0.2) is 39.6 Å². The van der Waals surface area contributed by atoms with E-state index in [-0.39, 0.29) is 17.2 Å². The van der Waals surface area contributed by atoms with E-state index < -0.39 is 0 Å². The molecule has 0 radical (unpaired) electrons. The van der Waals surface area contributed by atoms with Crippen molar-refractivity contribution in [1.29, 1.82) is 0 Å². The number of nitrogens with zero attached hydrogens (tertiary/aromatic N) is 2. The van der Waals surface area contributed by atoms with Crippen LogP contribution in [-0.4, -0.2) is 35.4 Å². The summed E-state index contributed by atoms with van der Waals surface area (Å²) in [7, 11) is 3.15. The summed E-state index contributed by atoms with van der Waals surface area (Å²) < 4.78 is 13.0. The first-order valence-electron chi connectivity index (χ1n) is 9.66. The van der Waals surface area contributed by atoms with E-state index in [0.717, 1.165) is 18.4 Å². The van der Waals surface area contributed by atoms with Gasteiger partial charge in [-0.05, 0) is 23.9 Å². The Morgan fingerprint density at radius 3 is 2.83 bits per heavy atom. The van der Waals surface area contributed by atoms with Gasteiger partial charge >= 0.3 is 0 Å². The Kier molecular flexibility index (Phi) is 7.75. The molecule has 0 aliphatic heterocycles. The third-order valence-electron chi connectivity index (χ3n) is 4.56. The molecule has 0 saturated heterocycles. The highest BCUT2D eigenvalue weighted by Gasteiger charge is 2.15.